The molecule has 208 valence electrons. The van der Waals surface area contributed by atoms with Crippen molar-refractivity contribution in [1.82, 2.24) is 29.7 Å². The fourth-order valence-electron chi connectivity index (χ4n) is 5.13. The molecule has 3 amide bonds. The Hall–Kier alpha value is -5.12. The van der Waals surface area contributed by atoms with E-state index in [1.165, 1.54) is 0 Å². The van der Waals surface area contributed by atoms with Gasteiger partial charge in [0, 0.05) is 41.6 Å². The first-order valence-corrected chi connectivity index (χ1v) is 13.5. The van der Waals surface area contributed by atoms with Gasteiger partial charge in [0.05, 0.1) is 28.0 Å². The van der Waals surface area contributed by atoms with Crippen molar-refractivity contribution in [3.05, 3.63) is 84.5 Å². The number of nitrogens with one attached hydrogen (secondary N) is 3. The molecule has 0 unspecified atom stereocenters. The monoisotopic (exact) mass is 548 g/mol. The molecule has 0 bridgehead atoms. The number of aromatic nitrogens is 4. The number of nitrogens with zero attached hydrogens (tertiary/aromatic N) is 4. The SMILES string of the molecule is CC(C)(C)NC(=O)N1CC=C(c2cc3c(Nc4ccc5ncn(-c6ccccc6C(N)=O)c5c4)ccnc3[nH]2)CC1. The summed E-state index contributed by atoms with van der Waals surface area (Å²) in [6, 6.07) is 17.1. The fraction of sp³-hybridized carbons (Fsp3) is 0.226. The zero-order valence-electron chi connectivity index (χ0n) is 23.2. The highest BCUT2D eigenvalue weighted by atomic mass is 16.2. The average molecular weight is 549 g/mol. The average Bonchev–Trinajstić information content (AvgIpc) is 3.57. The first-order chi connectivity index (χ1) is 19.7. The molecule has 0 saturated heterocycles. The molecule has 2 aromatic carbocycles. The first-order valence-electron chi connectivity index (χ1n) is 13.5. The standard InChI is InChI=1S/C31H32N8O2/c1-31(2,3)37-30(41)38-14-11-19(12-15-38)25-17-22-23(10-13-33-29(22)36-25)35-20-8-9-24-27(16-20)39(18-34-24)26-7-5-4-6-21(26)28(32)40/h4-11,13,16-18H,12,14-15H2,1-3H3,(H2,32,40)(H,37,41)(H2,33,35,36). The molecule has 5 aromatic rings. The summed E-state index contributed by atoms with van der Waals surface area (Å²) in [6.45, 7) is 7.14. The molecule has 6 rings (SSSR count). The molecule has 0 radical (unpaired) electrons. The number of para-hydroxylation sites is 1. The lowest BCUT2D eigenvalue weighted by Crippen LogP contribution is -2.49. The van der Waals surface area contributed by atoms with E-state index in [9.17, 15) is 9.59 Å². The van der Waals surface area contributed by atoms with Crippen molar-refractivity contribution in [3.63, 3.8) is 0 Å². The van der Waals surface area contributed by atoms with Gasteiger partial charge in [-0.3, -0.25) is 9.36 Å². The first kappa shape index (κ1) is 26.1. The number of urea groups is 1. The Balaban J connectivity index is 1.27. The Morgan fingerprint density at radius 1 is 1.05 bits per heavy atom. The van der Waals surface area contributed by atoms with Crippen molar-refractivity contribution in [2.45, 2.75) is 32.7 Å². The second-order valence-corrected chi connectivity index (χ2v) is 11.2. The Labute approximate surface area is 237 Å². The summed E-state index contributed by atoms with van der Waals surface area (Å²) >= 11 is 0. The minimum atomic E-state index is -0.492. The number of primary amides is 1. The molecule has 0 fully saturated rings. The van der Waals surface area contributed by atoms with Crippen LogP contribution in [0.15, 0.2) is 73.2 Å². The number of rotatable bonds is 5. The zero-order valence-corrected chi connectivity index (χ0v) is 23.2. The molecular weight excluding hydrogens is 516 g/mol. The molecule has 0 saturated carbocycles. The predicted molar refractivity (Wildman–Crippen MR) is 161 cm³/mol. The van der Waals surface area contributed by atoms with Gasteiger partial charge in [-0.1, -0.05) is 18.2 Å². The molecule has 5 N–H and O–H groups in total. The summed E-state index contributed by atoms with van der Waals surface area (Å²) < 4.78 is 1.87. The van der Waals surface area contributed by atoms with Crippen molar-refractivity contribution < 1.29 is 9.59 Å². The molecule has 0 atom stereocenters. The maximum absolute atomic E-state index is 12.6. The number of imidazole rings is 1. The van der Waals surface area contributed by atoms with Gasteiger partial charge in [-0.15, -0.1) is 0 Å². The van der Waals surface area contributed by atoms with Crippen LogP contribution in [0.4, 0.5) is 16.2 Å². The number of hydrogen-bond acceptors (Lipinski definition) is 5. The summed E-state index contributed by atoms with van der Waals surface area (Å²) in [5.74, 6) is -0.492. The van der Waals surface area contributed by atoms with Crippen LogP contribution in [-0.4, -0.2) is 55.0 Å². The third-order valence-corrected chi connectivity index (χ3v) is 7.11. The quantitative estimate of drug-likeness (QED) is 0.235. The van der Waals surface area contributed by atoms with Gasteiger partial charge >= 0.3 is 6.03 Å². The normalized spacial score (nSPS) is 13.8. The van der Waals surface area contributed by atoms with Crippen molar-refractivity contribution in [1.29, 1.82) is 0 Å². The maximum Gasteiger partial charge on any atom is 0.318 e. The van der Waals surface area contributed by atoms with E-state index in [0.717, 1.165) is 51.1 Å². The predicted octanol–water partition coefficient (Wildman–Crippen LogP) is 5.34. The number of nitrogens with two attached hydrogens (primary N) is 1. The van der Waals surface area contributed by atoms with E-state index in [1.54, 1.807) is 24.7 Å². The molecule has 0 aliphatic carbocycles. The number of carbonyl (C=O) groups excluding carboxylic acids is 2. The van der Waals surface area contributed by atoms with Crippen LogP contribution in [-0.2, 0) is 0 Å². The lowest BCUT2D eigenvalue weighted by Gasteiger charge is -2.30. The Morgan fingerprint density at radius 3 is 2.63 bits per heavy atom. The van der Waals surface area contributed by atoms with Crippen LogP contribution in [0.5, 0.6) is 0 Å². The van der Waals surface area contributed by atoms with Crippen LogP contribution in [0.25, 0.3) is 33.3 Å². The van der Waals surface area contributed by atoms with Gasteiger partial charge in [0.25, 0.3) is 5.91 Å². The maximum atomic E-state index is 12.6. The van der Waals surface area contributed by atoms with Gasteiger partial charge in [-0.05, 0) is 75.2 Å². The highest BCUT2D eigenvalue weighted by molar-refractivity contribution is 5.98. The zero-order chi connectivity index (χ0) is 28.7. The third kappa shape index (κ3) is 5.23. The van der Waals surface area contributed by atoms with Crippen molar-refractivity contribution in [3.8, 4) is 5.69 Å². The number of fused-ring (bicyclic) bond motifs is 2. The minimum Gasteiger partial charge on any atom is -0.366 e. The van der Waals surface area contributed by atoms with Crippen LogP contribution in [0.1, 0.15) is 43.2 Å². The largest absolute Gasteiger partial charge is 0.366 e. The van der Waals surface area contributed by atoms with E-state index in [0.29, 0.717) is 24.3 Å². The second-order valence-electron chi connectivity index (χ2n) is 11.2. The van der Waals surface area contributed by atoms with Gasteiger partial charge in [0.15, 0.2) is 0 Å². The molecule has 10 heteroatoms. The summed E-state index contributed by atoms with van der Waals surface area (Å²) in [7, 11) is 0. The number of pyridine rings is 1. The number of anilines is 2. The van der Waals surface area contributed by atoms with Gasteiger partial charge in [-0.2, -0.15) is 0 Å². The van der Waals surface area contributed by atoms with Crippen molar-refractivity contribution in [2.75, 3.05) is 18.4 Å². The summed E-state index contributed by atoms with van der Waals surface area (Å²) in [5, 5.41) is 7.52. The van der Waals surface area contributed by atoms with Crippen LogP contribution in [0.3, 0.4) is 0 Å². The number of carbonyl (C=O) groups is 2. The van der Waals surface area contributed by atoms with Crippen LogP contribution < -0.4 is 16.4 Å². The van der Waals surface area contributed by atoms with Crippen LogP contribution in [0, 0.1) is 0 Å². The van der Waals surface area contributed by atoms with E-state index < -0.39 is 5.91 Å². The molecule has 0 spiro atoms. The topological polar surface area (TPSA) is 134 Å². The smallest absolute Gasteiger partial charge is 0.318 e. The van der Waals surface area contributed by atoms with Crippen LogP contribution in [0.2, 0.25) is 0 Å². The molecule has 1 aliphatic rings. The van der Waals surface area contributed by atoms with E-state index >= 15 is 0 Å². The number of H-pyrrole nitrogens is 1. The number of aromatic amines is 1. The van der Waals surface area contributed by atoms with Gasteiger partial charge < -0.3 is 26.3 Å². The van der Waals surface area contributed by atoms with Gasteiger partial charge in [-0.25, -0.2) is 14.8 Å². The number of benzene rings is 2. The minimum absolute atomic E-state index is 0.0472. The Bertz CT molecular complexity index is 1830. The Morgan fingerprint density at radius 2 is 1.88 bits per heavy atom. The summed E-state index contributed by atoms with van der Waals surface area (Å²) in [5.41, 5.74) is 12.8. The van der Waals surface area contributed by atoms with Crippen LogP contribution >= 0.6 is 0 Å². The molecule has 10 nitrogen and oxygen atoms in total. The number of hydrogen-bond donors (Lipinski definition) is 4. The molecule has 3 aromatic heterocycles. The highest BCUT2D eigenvalue weighted by Crippen LogP contribution is 2.32. The lowest BCUT2D eigenvalue weighted by molar-refractivity contribution is 0.1000. The van der Waals surface area contributed by atoms with E-state index in [1.807, 2.05) is 66.6 Å². The van der Waals surface area contributed by atoms with Crippen molar-refractivity contribution in [2.24, 2.45) is 5.73 Å². The van der Waals surface area contributed by atoms with E-state index in [-0.39, 0.29) is 11.6 Å². The van der Waals surface area contributed by atoms with Gasteiger partial charge in [0.2, 0.25) is 0 Å². The highest BCUT2D eigenvalue weighted by Gasteiger charge is 2.22. The van der Waals surface area contributed by atoms with E-state index in [4.69, 9.17) is 5.73 Å². The van der Waals surface area contributed by atoms with Gasteiger partial charge in [0.1, 0.15) is 12.0 Å². The van der Waals surface area contributed by atoms with E-state index in [2.05, 4.69) is 37.7 Å². The molecule has 4 heterocycles. The summed E-state index contributed by atoms with van der Waals surface area (Å²) in [6.07, 6.45) is 6.32. The number of amides is 3. The fourth-order valence-corrected chi connectivity index (χ4v) is 5.13. The summed E-state index contributed by atoms with van der Waals surface area (Å²) in [4.78, 5) is 38.9. The Kier molecular flexibility index (Phi) is 6.45. The molecular formula is C31H32N8O2. The second kappa shape index (κ2) is 10.1. The third-order valence-electron chi connectivity index (χ3n) is 7.11. The molecule has 41 heavy (non-hydrogen) atoms. The van der Waals surface area contributed by atoms with Crippen molar-refractivity contribution >= 4 is 51.0 Å². The lowest BCUT2D eigenvalue weighted by atomic mass is 10.0. The molecule has 1 aliphatic heterocycles.